The van der Waals surface area contributed by atoms with Crippen molar-refractivity contribution in [3.05, 3.63) is 35.9 Å². The van der Waals surface area contributed by atoms with Crippen LogP contribution >= 0.6 is 0 Å². The molecule has 39 heavy (non-hydrogen) atoms. The molecule has 3 amide bonds. The van der Waals surface area contributed by atoms with E-state index in [0.29, 0.717) is 18.6 Å². The van der Waals surface area contributed by atoms with Crippen LogP contribution in [0.1, 0.15) is 79.9 Å². The molecule has 4 rings (SSSR count). The van der Waals surface area contributed by atoms with Crippen LogP contribution in [0.5, 0.6) is 0 Å². The number of aliphatic hydroxyl groups is 1. The average Bonchev–Trinajstić information content (AvgIpc) is 3.24. The smallest absolute Gasteiger partial charge is 0.335 e. The highest BCUT2D eigenvalue weighted by Crippen LogP contribution is 2.48. The Bertz CT molecular complexity index is 1010. The maximum atomic E-state index is 13.2. The molecule has 0 aliphatic carbocycles. The molecule has 3 aliphatic rings. The van der Waals surface area contributed by atoms with Gasteiger partial charge in [0.1, 0.15) is 18.4 Å². The van der Waals surface area contributed by atoms with Crippen molar-refractivity contribution in [1.82, 2.24) is 10.2 Å². The van der Waals surface area contributed by atoms with E-state index in [1.54, 1.807) is 12.1 Å². The SMILES string of the molecule is CC(C)[Si]1(C(C)C)OC[C@@H]2O[C@H](N3C(=O)NC(=O)C[C@@H]3[C@H](O)c3ccccc3)C[C@@H]2O[Si](C(C)C)(C(C)C)O1. The number of hydrogen-bond donors (Lipinski definition) is 2. The molecule has 2 N–H and O–H groups in total. The summed E-state index contributed by atoms with van der Waals surface area (Å²) in [5.41, 5.74) is 1.41. The molecule has 0 spiro atoms. The first kappa shape index (κ1) is 30.4. The molecule has 3 fully saturated rings. The Hall–Kier alpha value is -1.61. The van der Waals surface area contributed by atoms with E-state index in [1.807, 2.05) is 18.2 Å². The fourth-order valence-electron chi connectivity index (χ4n) is 6.46. The third-order valence-electron chi connectivity index (χ3n) is 8.58. The van der Waals surface area contributed by atoms with Crippen LogP contribution in [0, 0.1) is 0 Å². The van der Waals surface area contributed by atoms with E-state index < -0.39 is 53.5 Å². The Morgan fingerprint density at radius 2 is 1.49 bits per heavy atom. The summed E-state index contributed by atoms with van der Waals surface area (Å²) in [5.74, 6) is -0.413. The number of urea groups is 1. The number of fused-ring (bicyclic) bond motifs is 1. The number of hydrogen-bond acceptors (Lipinski definition) is 7. The summed E-state index contributed by atoms with van der Waals surface area (Å²) in [6, 6.07) is 7.78. The first-order valence-electron chi connectivity index (χ1n) is 14.3. The number of benzene rings is 1. The van der Waals surface area contributed by atoms with Gasteiger partial charge in [-0.15, -0.1) is 0 Å². The number of carbonyl (C=O) groups is 2. The molecule has 9 nitrogen and oxygen atoms in total. The number of carbonyl (C=O) groups excluding carboxylic acids is 2. The number of aliphatic hydroxyl groups excluding tert-OH is 1. The fraction of sp³-hybridized carbons (Fsp3) is 0.714. The lowest BCUT2D eigenvalue weighted by Crippen LogP contribution is -2.65. The second-order valence-electron chi connectivity index (χ2n) is 12.4. The van der Waals surface area contributed by atoms with Crippen molar-refractivity contribution in [2.75, 3.05) is 6.61 Å². The van der Waals surface area contributed by atoms with Crippen LogP contribution in [0.25, 0.3) is 0 Å². The van der Waals surface area contributed by atoms with Crippen molar-refractivity contribution >= 4 is 29.1 Å². The van der Waals surface area contributed by atoms with Crippen LogP contribution in [0.4, 0.5) is 4.79 Å². The lowest BCUT2D eigenvalue weighted by atomic mass is 9.96. The van der Waals surface area contributed by atoms with Gasteiger partial charge in [-0.25, -0.2) is 4.79 Å². The lowest BCUT2D eigenvalue weighted by molar-refractivity contribution is -0.131. The van der Waals surface area contributed by atoms with Gasteiger partial charge >= 0.3 is 23.2 Å². The molecule has 218 valence electrons. The molecule has 0 saturated carbocycles. The van der Waals surface area contributed by atoms with Gasteiger partial charge in [0.2, 0.25) is 5.91 Å². The van der Waals surface area contributed by atoms with Crippen LogP contribution in [-0.2, 0) is 22.5 Å². The van der Waals surface area contributed by atoms with E-state index in [-0.39, 0.29) is 34.7 Å². The van der Waals surface area contributed by atoms with Gasteiger partial charge < -0.3 is 22.8 Å². The summed E-state index contributed by atoms with van der Waals surface area (Å²) in [4.78, 5) is 27.1. The van der Waals surface area contributed by atoms with Gasteiger partial charge in [0, 0.05) is 6.42 Å². The predicted molar refractivity (Wildman–Crippen MR) is 152 cm³/mol. The molecular weight excluding hydrogens is 532 g/mol. The molecule has 0 aromatic heterocycles. The molecular formula is C28H46N2O7Si2. The molecule has 5 atom stereocenters. The Kier molecular flexibility index (Phi) is 9.12. The van der Waals surface area contributed by atoms with Crippen LogP contribution < -0.4 is 5.32 Å². The highest BCUT2D eigenvalue weighted by molar-refractivity contribution is 6.83. The van der Waals surface area contributed by atoms with E-state index >= 15 is 0 Å². The number of rotatable bonds is 7. The Balaban J connectivity index is 1.68. The van der Waals surface area contributed by atoms with Gasteiger partial charge in [-0.1, -0.05) is 85.7 Å². The summed E-state index contributed by atoms with van der Waals surface area (Å²) in [7, 11) is -5.55. The monoisotopic (exact) mass is 578 g/mol. The fourth-order valence-corrected chi connectivity index (χ4v) is 17.7. The molecule has 1 aromatic carbocycles. The summed E-state index contributed by atoms with van der Waals surface area (Å²) in [6.07, 6.45) is -2.07. The highest BCUT2D eigenvalue weighted by atomic mass is 28.5. The molecule has 3 aliphatic heterocycles. The van der Waals surface area contributed by atoms with Crippen molar-refractivity contribution in [2.45, 2.75) is 121 Å². The van der Waals surface area contributed by atoms with E-state index in [1.165, 1.54) is 4.90 Å². The number of amides is 3. The first-order chi connectivity index (χ1) is 18.3. The minimum Gasteiger partial charge on any atom is -0.414 e. The standard InChI is InChI=1S/C28H46N2O7Si2/c1-17(2)38(18(3)4)34-16-24-23(36-39(37-38,19(5)6)20(7)8)15-26(35-24)30-22(14-25(31)29-28(30)33)27(32)21-12-10-9-11-13-21/h9-13,17-20,22-24,26-27,32H,14-16H2,1-8H3,(H,29,31,33)/t22-,23+,24+,26+,27-/m1/s1. The molecule has 11 heteroatoms. The highest BCUT2D eigenvalue weighted by Gasteiger charge is 2.60. The summed E-state index contributed by atoms with van der Waals surface area (Å²) >= 11 is 0. The summed E-state index contributed by atoms with van der Waals surface area (Å²) in [5, 5.41) is 13.7. The topological polar surface area (TPSA) is 107 Å². The minimum atomic E-state index is -2.83. The molecule has 0 radical (unpaired) electrons. The lowest BCUT2D eigenvalue weighted by Gasteiger charge is -2.51. The van der Waals surface area contributed by atoms with Gasteiger partial charge in [0.15, 0.2) is 0 Å². The summed E-state index contributed by atoms with van der Waals surface area (Å²) < 4.78 is 27.7. The molecule has 0 unspecified atom stereocenters. The average molecular weight is 579 g/mol. The quantitative estimate of drug-likeness (QED) is 0.434. The van der Waals surface area contributed by atoms with Gasteiger partial charge in [-0.3, -0.25) is 15.0 Å². The Morgan fingerprint density at radius 1 is 0.897 bits per heavy atom. The largest absolute Gasteiger partial charge is 0.414 e. The zero-order chi connectivity index (χ0) is 28.7. The number of nitrogens with one attached hydrogen (secondary N) is 1. The zero-order valence-corrected chi connectivity index (χ0v) is 26.5. The van der Waals surface area contributed by atoms with E-state index in [4.69, 9.17) is 17.7 Å². The van der Waals surface area contributed by atoms with Crippen molar-refractivity contribution in [1.29, 1.82) is 0 Å². The van der Waals surface area contributed by atoms with Crippen LogP contribution in [0.3, 0.4) is 0 Å². The Labute approximate surface area is 235 Å². The van der Waals surface area contributed by atoms with Crippen molar-refractivity contribution in [2.24, 2.45) is 0 Å². The third kappa shape index (κ3) is 5.64. The van der Waals surface area contributed by atoms with Crippen molar-refractivity contribution < 1.29 is 32.4 Å². The number of imide groups is 1. The van der Waals surface area contributed by atoms with Gasteiger partial charge in [0.05, 0.1) is 25.2 Å². The minimum absolute atomic E-state index is 0.0230. The number of ether oxygens (including phenoxy) is 1. The maximum absolute atomic E-state index is 13.2. The summed E-state index contributed by atoms with van der Waals surface area (Å²) in [6.45, 7) is 17.7. The van der Waals surface area contributed by atoms with E-state index in [2.05, 4.69) is 60.7 Å². The first-order valence-corrected chi connectivity index (χ1v) is 18.3. The molecule has 0 bridgehead atoms. The molecule has 3 heterocycles. The second-order valence-corrected chi connectivity index (χ2v) is 21.2. The van der Waals surface area contributed by atoms with Crippen LogP contribution in [0.2, 0.25) is 22.2 Å². The van der Waals surface area contributed by atoms with E-state index in [0.717, 1.165) is 0 Å². The predicted octanol–water partition coefficient (Wildman–Crippen LogP) is 5.10. The molecule has 3 saturated heterocycles. The van der Waals surface area contributed by atoms with Gasteiger partial charge in [-0.2, -0.15) is 0 Å². The second kappa shape index (κ2) is 11.7. The number of nitrogens with zero attached hydrogens (tertiary/aromatic N) is 1. The molecule has 1 aromatic rings. The van der Waals surface area contributed by atoms with Crippen LogP contribution in [0.15, 0.2) is 30.3 Å². The maximum Gasteiger partial charge on any atom is 0.335 e. The van der Waals surface area contributed by atoms with E-state index in [9.17, 15) is 14.7 Å². The van der Waals surface area contributed by atoms with Crippen molar-refractivity contribution in [3.63, 3.8) is 0 Å². The zero-order valence-electron chi connectivity index (χ0n) is 24.5. The van der Waals surface area contributed by atoms with Crippen LogP contribution in [-0.4, -0.2) is 70.2 Å². The Morgan fingerprint density at radius 3 is 2.05 bits per heavy atom. The van der Waals surface area contributed by atoms with Crippen molar-refractivity contribution in [3.8, 4) is 0 Å². The van der Waals surface area contributed by atoms with Gasteiger partial charge in [-0.05, 0) is 27.7 Å². The third-order valence-corrected chi connectivity index (χ3v) is 18.9. The van der Waals surface area contributed by atoms with Gasteiger partial charge in [0.25, 0.3) is 0 Å². The normalized spacial score (nSPS) is 29.9.